The maximum Gasteiger partial charge on any atom is 0.229 e. The summed E-state index contributed by atoms with van der Waals surface area (Å²) in [6.45, 7) is 5.57. The molecule has 10 nitrogen and oxygen atoms in total. The van der Waals surface area contributed by atoms with Crippen molar-refractivity contribution in [2.75, 3.05) is 54.1 Å². The van der Waals surface area contributed by atoms with Gasteiger partial charge in [-0.15, -0.1) is 0 Å². The topological polar surface area (TPSA) is 103 Å². The largest absolute Gasteiger partial charge is 0.369 e. The van der Waals surface area contributed by atoms with Gasteiger partial charge in [-0.1, -0.05) is 6.07 Å². The molecule has 208 valence electrons. The van der Waals surface area contributed by atoms with Gasteiger partial charge in [-0.2, -0.15) is 4.98 Å². The maximum absolute atomic E-state index is 13.5. The van der Waals surface area contributed by atoms with Crippen LogP contribution in [-0.4, -0.2) is 63.6 Å². The highest BCUT2D eigenvalue weighted by molar-refractivity contribution is 5.89. The number of hydrogen-bond donors (Lipinski definition) is 3. The van der Waals surface area contributed by atoms with Crippen molar-refractivity contribution in [3.63, 3.8) is 0 Å². The third-order valence-corrected chi connectivity index (χ3v) is 6.92. The summed E-state index contributed by atoms with van der Waals surface area (Å²) in [6.07, 6.45) is 1.66. The Kier molecular flexibility index (Phi) is 7.17. The minimum atomic E-state index is -0.329. The van der Waals surface area contributed by atoms with Crippen LogP contribution in [0.15, 0.2) is 79.0 Å². The van der Waals surface area contributed by atoms with Gasteiger partial charge in [0.1, 0.15) is 11.3 Å². The van der Waals surface area contributed by atoms with E-state index in [1.165, 1.54) is 24.7 Å². The first-order valence-corrected chi connectivity index (χ1v) is 13.4. The standard InChI is InChI=1S/C30H30FN9O/c1-20(41)33-24-4-3-5-26(18-24)40-28-27(36-30(40)35-23-8-6-21(31)7-9-23)19-32-29(37-28)34-22-10-12-25(13-11-22)39-16-14-38(2)15-17-39/h3-13,18-19H,14-17H2,1-2H3,(H,33,41)(H,35,36)(H,32,34,37). The van der Waals surface area contributed by atoms with Gasteiger partial charge in [-0.05, 0) is 73.8 Å². The van der Waals surface area contributed by atoms with Crippen LogP contribution in [0.25, 0.3) is 16.9 Å². The summed E-state index contributed by atoms with van der Waals surface area (Å²) < 4.78 is 15.4. The number of imidazole rings is 1. The summed E-state index contributed by atoms with van der Waals surface area (Å²) in [6, 6.07) is 21.7. The van der Waals surface area contributed by atoms with Gasteiger partial charge in [-0.3, -0.25) is 9.36 Å². The molecule has 0 spiro atoms. The number of anilines is 6. The van der Waals surface area contributed by atoms with Crippen molar-refractivity contribution >= 4 is 51.7 Å². The van der Waals surface area contributed by atoms with Gasteiger partial charge in [0.05, 0.1) is 11.9 Å². The molecule has 0 radical (unpaired) electrons. The van der Waals surface area contributed by atoms with Crippen molar-refractivity contribution < 1.29 is 9.18 Å². The summed E-state index contributed by atoms with van der Waals surface area (Å²) >= 11 is 0. The minimum absolute atomic E-state index is 0.172. The number of halogens is 1. The Labute approximate surface area is 236 Å². The molecule has 3 heterocycles. The molecule has 1 saturated heterocycles. The second-order valence-electron chi connectivity index (χ2n) is 10.00. The quantitative estimate of drug-likeness (QED) is 0.255. The van der Waals surface area contributed by atoms with Gasteiger partial charge in [0.15, 0.2) is 5.65 Å². The molecule has 0 unspecified atom stereocenters. The van der Waals surface area contributed by atoms with Crippen molar-refractivity contribution in [3.05, 3.63) is 84.8 Å². The number of carbonyl (C=O) groups excluding carboxylic acids is 1. The lowest BCUT2D eigenvalue weighted by molar-refractivity contribution is -0.114. The van der Waals surface area contributed by atoms with Crippen molar-refractivity contribution in [1.82, 2.24) is 24.4 Å². The summed E-state index contributed by atoms with van der Waals surface area (Å²) in [7, 11) is 2.15. The summed E-state index contributed by atoms with van der Waals surface area (Å²) in [5.41, 5.74) is 5.20. The Morgan fingerprint density at radius 2 is 1.54 bits per heavy atom. The Morgan fingerprint density at radius 1 is 0.829 bits per heavy atom. The van der Waals surface area contributed by atoms with E-state index in [1.807, 2.05) is 41.0 Å². The van der Waals surface area contributed by atoms with E-state index in [0.717, 1.165) is 37.6 Å². The van der Waals surface area contributed by atoms with Gasteiger partial charge in [0, 0.05) is 55.9 Å². The van der Waals surface area contributed by atoms with E-state index in [9.17, 15) is 9.18 Å². The lowest BCUT2D eigenvalue weighted by atomic mass is 10.2. The fourth-order valence-electron chi connectivity index (χ4n) is 4.80. The number of benzene rings is 3. The number of hydrogen-bond acceptors (Lipinski definition) is 8. The van der Waals surface area contributed by atoms with Crippen molar-refractivity contribution in [2.45, 2.75) is 6.92 Å². The highest BCUT2D eigenvalue weighted by Gasteiger charge is 2.17. The number of rotatable bonds is 7. The molecule has 11 heteroatoms. The summed E-state index contributed by atoms with van der Waals surface area (Å²) in [5, 5.41) is 9.38. The number of aromatic nitrogens is 4. The molecule has 1 aliphatic heterocycles. The number of fused-ring (bicyclic) bond motifs is 1. The van der Waals surface area contributed by atoms with Crippen LogP contribution in [0.5, 0.6) is 0 Å². The van der Waals surface area contributed by atoms with E-state index < -0.39 is 0 Å². The van der Waals surface area contributed by atoms with Crippen LogP contribution in [-0.2, 0) is 4.79 Å². The first-order chi connectivity index (χ1) is 19.9. The van der Waals surface area contributed by atoms with Gasteiger partial charge >= 0.3 is 0 Å². The smallest absolute Gasteiger partial charge is 0.229 e. The zero-order valence-corrected chi connectivity index (χ0v) is 22.8. The third-order valence-electron chi connectivity index (χ3n) is 6.92. The number of piperazine rings is 1. The third kappa shape index (κ3) is 5.94. The molecule has 6 rings (SSSR count). The van der Waals surface area contributed by atoms with E-state index in [1.54, 1.807) is 18.3 Å². The van der Waals surface area contributed by atoms with Gasteiger partial charge in [-0.25, -0.2) is 14.4 Å². The lowest BCUT2D eigenvalue weighted by Crippen LogP contribution is -2.44. The molecule has 0 saturated carbocycles. The highest BCUT2D eigenvalue weighted by Crippen LogP contribution is 2.29. The highest BCUT2D eigenvalue weighted by atomic mass is 19.1. The number of likely N-dealkylation sites (N-methyl/N-ethyl adjacent to an activating group) is 1. The SMILES string of the molecule is CC(=O)Nc1cccc(-n2c(Nc3ccc(F)cc3)nc3cnc(Nc4ccc(N5CCN(C)CC5)cc4)nc32)c1. The molecule has 3 N–H and O–H groups in total. The van der Waals surface area contributed by atoms with E-state index in [2.05, 4.69) is 49.9 Å². The molecule has 0 bridgehead atoms. The van der Waals surface area contributed by atoms with E-state index in [0.29, 0.717) is 34.4 Å². The fraction of sp³-hybridized carbons (Fsp3) is 0.200. The minimum Gasteiger partial charge on any atom is -0.369 e. The van der Waals surface area contributed by atoms with Crippen molar-refractivity contribution in [3.8, 4) is 5.69 Å². The first-order valence-electron chi connectivity index (χ1n) is 13.4. The van der Waals surface area contributed by atoms with Crippen LogP contribution < -0.4 is 20.9 Å². The Bertz CT molecular complexity index is 1680. The van der Waals surface area contributed by atoms with Crippen LogP contribution in [0.3, 0.4) is 0 Å². The zero-order chi connectivity index (χ0) is 28.3. The molecule has 2 aromatic heterocycles. The second-order valence-corrected chi connectivity index (χ2v) is 10.00. The Balaban J connectivity index is 1.33. The maximum atomic E-state index is 13.5. The molecular weight excluding hydrogens is 521 g/mol. The summed E-state index contributed by atoms with van der Waals surface area (Å²) in [5.74, 6) is 0.381. The lowest BCUT2D eigenvalue weighted by Gasteiger charge is -2.34. The van der Waals surface area contributed by atoms with Crippen LogP contribution in [0.1, 0.15) is 6.92 Å². The van der Waals surface area contributed by atoms with Crippen LogP contribution in [0.2, 0.25) is 0 Å². The molecule has 5 aromatic rings. The molecule has 3 aromatic carbocycles. The zero-order valence-electron chi connectivity index (χ0n) is 22.8. The Hall–Kier alpha value is -5.03. The average Bonchev–Trinajstić information content (AvgIpc) is 3.32. The number of nitrogens with zero attached hydrogens (tertiary/aromatic N) is 6. The van der Waals surface area contributed by atoms with Crippen LogP contribution in [0, 0.1) is 5.82 Å². The predicted octanol–water partition coefficient (Wildman–Crippen LogP) is 5.15. The normalized spacial score (nSPS) is 13.8. The molecule has 0 atom stereocenters. The van der Waals surface area contributed by atoms with E-state index >= 15 is 0 Å². The molecular formula is C30H30FN9O. The molecule has 1 fully saturated rings. The average molecular weight is 552 g/mol. The Morgan fingerprint density at radius 3 is 2.27 bits per heavy atom. The number of nitrogens with one attached hydrogen (secondary N) is 3. The summed E-state index contributed by atoms with van der Waals surface area (Å²) in [4.78, 5) is 30.4. The van der Waals surface area contributed by atoms with Crippen molar-refractivity contribution in [1.29, 1.82) is 0 Å². The molecule has 0 aliphatic carbocycles. The second kappa shape index (κ2) is 11.2. The molecule has 1 aliphatic rings. The van der Waals surface area contributed by atoms with Gasteiger partial charge in [0.25, 0.3) is 0 Å². The molecule has 1 amide bonds. The number of carbonyl (C=O) groups is 1. The molecule has 41 heavy (non-hydrogen) atoms. The van der Waals surface area contributed by atoms with Gasteiger partial charge in [0.2, 0.25) is 17.8 Å². The van der Waals surface area contributed by atoms with Crippen LogP contribution >= 0.6 is 0 Å². The number of amides is 1. The monoisotopic (exact) mass is 551 g/mol. The first kappa shape index (κ1) is 26.2. The van der Waals surface area contributed by atoms with Crippen molar-refractivity contribution in [2.24, 2.45) is 0 Å². The van der Waals surface area contributed by atoms with Gasteiger partial charge < -0.3 is 25.8 Å². The predicted molar refractivity (Wildman–Crippen MR) is 160 cm³/mol. The van der Waals surface area contributed by atoms with E-state index in [4.69, 9.17) is 9.97 Å². The van der Waals surface area contributed by atoms with E-state index in [-0.39, 0.29) is 11.7 Å². The fourth-order valence-corrected chi connectivity index (χ4v) is 4.80. The van der Waals surface area contributed by atoms with Crippen LogP contribution in [0.4, 0.5) is 39.0 Å².